The van der Waals surface area contributed by atoms with E-state index in [1.54, 1.807) is 48.5 Å². The lowest BCUT2D eigenvalue weighted by Crippen LogP contribution is -2.47. The lowest BCUT2D eigenvalue weighted by atomic mass is 10.1. The lowest BCUT2D eigenvalue weighted by Gasteiger charge is -2.36. The Balaban J connectivity index is 0.000000122. The predicted octanol–water partition coefficient (Wildman–Crippen LogP) is 15.1. The molecular weight excluding hydrogens is 1500 g/mol. The van der Waals surface area contributed by atoms with Gasteiger partial charge in [-0.2, -0.15) is 9.97 Å². The zero-order valence-electron chi connectivity index (χ0n) is 60.6. The van der Waals surface area contributed by atoms with E-state index in [4.69, 9.17) is 61.6 Å². The number of fused-ring (bicyclic) bond motifs is 2. The van der Waals surface area contributed by atoms with E-state index in [1.807, 2.05) is 42.7 Å². The average molecular weight is 1580 g/mol. The molecule has 0 atom stereocenters. The Morgan fingerprint density at radius 2 is 0.835 bits per heavy atom. The molecule has 574 valence electrons. The number of hydrogen-bond donors (Lipinski definition) is 2. The first-order valence-corrected chi connectivity index (χ1v) is 39.8. The zero-order valence-corrected chi connectivity index (χ0v) is 64.4. The molecule has 31 heteroatoms. The molecule has 2 aromatic heterocycles. The Kier molecular flexibility index (Phi) is 26.4. The number of hydrogen-bond acceptors (Lipinski definition) is 22. The van der Waals surface area contributed by atoms with E-state index in [2.05, 4.69) is 83.8 Å². The van der Waals surface area contributed by atoms with Crippen LogP contribution in [0.15, 0.2) is 151 Å². The molecule has 18 rings (SSSR count). The standard InChI is InChI=1S/C25H24Cl2N6O2.C13H9Cl2N3O2S.C13H17N3O2.C13H19N3.C8H15N.C6H4FNO2/c26-20-2-1-3-21(27)22(20)33-15-35-23-19(24(33)34)14-28-25(30-23)29-16-4-6-17(7-5-16)31-10-12-32(13-11-31)18-8-9-18;1-21-13-16-5-7-11(17-13)20-6-18(12(7)19)10-8(14)3-2-4-9(10)15;17-16(18)13-5-3-12(4-6-13)15-9-7-14(8-10-15)11-1-2-11;14-11-1-3-12(4-2-11)15-7-9-16(10-8-15)13-5-6-13;1-2-6-9(7-3-1)8-4-5-8;7-5-1-3-6(4-2-5)8(9)10/h1-7,14,18H,8-13,15H2,(H,28,29,30);2-5H,6H2,1H3;3-6,11H,1-2,7-10H2;1-4,13H,5-10,14H2;8H,1-7H2;1-4H. The third kappa shape index (κ3) is 21.0. The van der Waals surface area contributed by atoms with E-state index in [0.29, 0.717) is 42.6 Å². The molecule has 8 fully saturated rings. The molecule has 0 unspecified atom stereocenters. The Bertz CT molecular complexity index is 4390. The Morgan fingerprint density at radius 3 is 1.22 bits per heavy atom. The van der Waals surface area contributed by atoms with Crippen molar-refractivity contribution in [2.75, 3.05) is 147 Å². The maximum atomic E-state index is 13.1. The molecule has 109 heavy (non-hydrogen) atoms. The van der Waals surface area contributed by atoms with Crippen molar-refractivity contribution in [1.29, 1.82) is 0 Å². The number of para-hydroxylation sites is 2. The van der Waals surface area contributed by atoms with E-state index in [9.17, 15) is 34.2 Å². The number of ether oxygens (including phenoxy) is 2. The smallest absolute Gasteiger partial charge is 0.269 e. The number of piperidine rings is 1. The molecule has 4 saturated carbocycles. The summed E-state index contributed by atoms with van der Waals surface area (Å²) in [5.41, 5.74) is 12.5. The molecule has 0 spiro atoms. The summed E-state index contributed by atoms with van der Waals surface area (Å²) in [4.78, 5) is 82.7. The number of piperazine rings is 3. The fourth-order valence-corrected chi connectivity index (χ4v) is 15.4. The fraction of sp³-hybridized carbons (Fsp3) is 0.410. The van der Waals surface area contributed by atoms with E-state index in [1.165, 1.54) is 142 Å². The van der Waals surface area contributed by atoms with Crippen LogP contribution in [-0.4, -0.2) is 197 Å². The third-order valence-electron chi connectivity index (χ3n) is 20.5. The first kappa shape index (κ1) is 78.2. The summed E-state index contributed by atoms with van der Waals surface area (Å²) in [6, 6.07) is 41.4. The number of nitrogen functional groups attached to an aromatic ring is 1. The first-order valence-electron chi connectivity index (χ1n) is 37.0. The van der Waals surface area contributed by atoms with Crippen molar-refractivity contribution in [2.45, 2.75) is 100.0 Å². The van der Waals surface area contributed by atoms with Crippen LogP contribution in [0.1, 0.15) is 91.3 Å². The maximum absolute atomic E-state index is 13.1. The highest BCUT2D eigenvalue weighted by Crippen LogP contribution is 2.40. The number of non-ortho nitro benzene ring substituents is 2. The van der Waals surface area contributed by atoms with Crippen LogP contribution in [0.3, 0.4) is 0 Å². The number of nitrogens with one attached hydrogen (secondary N) is 1. The minimum atomic E-state index is -0.570. The lowest BCUT2D eigenvalue weighted by molar-refractivity contribution is -0.385. The van der Waals surface area contributed by atoms with Crippen LogP contribution in [0.5, 0.6) is 11.8 Å². The van der Waals surface area contributed by atoms with Crippen molar-refractivity contribution < 1.29 is 33.3 Å². The molecule has 8 heterocycles. The highest BCUT2D eigenvalue weighted by atomic mass is 35.5. The molecular formula is C78H88Cl4FN17O8S. The van der Waals surface area contributed by atoms with E-state index >= 15 is 0 Å². The van der Waals surface area contributed by atoms with Crippen molar-refractivity contribution in [2.24, 2.45) is 0 Å². The quantitative estimate of drug-likeness (QED) is 0.0337. The second-order valence-corrected chi connectivity index (χ2v) is 30.4. The number of nitro benzene ring substituents is 2. The largest absolute Gasteiger partial charge is 0.455 e. The summed E-state index contributed by atoms with van der Waals surface area (Å²) in [7, 11) is 0. The van der Waals surface area contributed by atoms with Crippen LogP contribution in [0.4, 0.5) is 61.5 Å². The summed E-state index contributed by atoms with van der Waals surface area (Å²) in [6.07, 6.45) is 20.4. The van der Waals surface area contributed by atoms with Gasteiger partial charge in [0.25, 0.3) is 23.2 Å². The van der Waals surface area contributed by atoms with Crippen LogP contribution < -0.4 is 45.0 Å². The van der Waals surface area contributed by atoms with Gasteiger partial charge in [-0.15, -0.1) is 0 Å². The number of nitro groups is 2. The summed E-state index contributed by atoms with van der Waals surface area (Å²) >= 11 is 26.2. The highest BCUT2D eigenvalue weighted by Gasteiger charge is 2.37. The van der Waals surface area contributed by atoms with Gasteiger partial charge in [0.1, 0.15) is 16.9 Å². The highest BCUT2D eigenvalue weighted by molar-refractivity contribution is 7.98. The number of carbonyl (C=O) groups excluding carboxylic acids is 2. The van der Waals surface area contributed by atoms with Gasteiger partial charge < -0.3 is 40.1 Å². The number of aromatic nitrogens is 4. The van der Waals surface area contributed by atoms with Gasteiger partial charge in [0, 0.05) is 168 Å². The second-order valence-electron chi connectivity index (χ2n) is 28.0. The van der Waals surface area contributed by atoms with E-state index in [-0.39, 0.29) is 64.5 Å². The molecule has 8 aromatic rings. The van der Waals surface area contributed by atoms with Crippen molar-refractivity contribution >= 4 is 127 Å². The molecule has 25 nitrogen and oxygen atoms in total. The topological polar surface area (TPSA) is 258 Å². The van der Waals surface area contributed by atoms with Crippen LogP contribution in [0.2, 0.25) is 20.1 Å². The van der Waals surface area contributed by atoms with Crippen LogP contribution >= 0.6 is 58.2 Å². The van der Waals surface area contributed by atoms with E-state index < -0.39 is 10.7 Å². The van der Waals surface area contributed by atoms with Crippen LogP contribution in [0, 0.1) is 26.0 Å². The number of nitrogens with zero attached hydrogens (tertiary/aromatic N) is 15. The van der Waals surface area contributed by atoms with Crippen LogP contribution in [-0.2, 0) is 0 Å². The number of carbonyl (C=O) groups is 2. The van der Waals surface area contributed by atoms with Crippen molar-refractivity contribution in [3.05, 3.63) is 203 Å². The number of amides is 2. The predicted molar refractivity (Wildman–Crippen MR) is 429 cm³/mol. The molecule has 6 aliphatic heterocycles. The molecule has 0 radical (unpaired) electrons. The summed E-state index contributed by atoms with van der Waals surface area (Å²) < 4.78 is 23.4. The molecule has 6 aromatic carbocycles. The third-order valence-corrected chi connectivity index (χ3v) is 22.3. The number of thioether (sulfide) groups is 1. The minimum absolute atomic E-state index is 0.000120. The number of anilines is 8. The van der Waals surface area contributed by atoms with Crippen molar-refractivity contribution in [1.82, 2.24) is 39.5 Å². The molecule has 4 saturated heterocycles. The summed E-state index contributed by atoms with van der Waals surface area (Å²) in [5, 5.41) is 25.8. The minimum Gasteiger partial charge on any atom is -0.455 e. The fourth-order valence-electron chi connectivity index (χ4n) is 13.9. The van der Waals surface area contributed by atoms with Gasteiger partial charge in [-0.05, 0) is 181 Å². The van der Waals surface area contributed by atoms with Gasteiger partial charge in [-0.3, -0.25) is 54.3 Å². The monoisotopic (exact) mass is 1580 g/mol. The van der Waals surface area contributed by atoms with Gasteiger partial charge in [0.15, 0.2) is 18.6 Å². The van der Waals surface area contributed by atoms with Gasteiger partial charge in [0.05, 0.1) is 41.3 Å². The first-order chi connectivity index (χ1) is 52.9. The Morgan fingerprint density at radius 1 is 0.477 bits per heavy atom. The summed E-state index contributed by atoms with van der Waals surface area (Å²) in [6.45, 7) is 16.1. The van der Waals surface area contributed by atoms with E-state index in [0.717, 1.165) is 131 Å². The second kappa shape index (κ2) is 36.7. The number of halogens is 5. The molecule has 10 aliphatic rings. The maximum Gasteiger partial charge on any atom is 0.269 e. The number of rotatable bonds is 14. The van der Waals surface area contributed by atoms with Crippen molar-refractivity contribution in [3.8, 4) is 11.8 Å². The molecule has 2 amide bonds. The average Bonchev–Trinajstić information content (AvgIpc) is 1.77. The van der Waals surface area contributed by atoms with Crippen molar-refractivity contribution in [3.63, 3.8) is 0 Å². The summed E-state index contributed by atoms with van der Waals surface area (Å²) in [5.74, 6) is -0.231. The molecule has 0 bridgehead atoms. The molecule has 3 N–H and O–H groups in total. The van der Waals surface area contributed by atoms with Gasteiger partial charge in [-0.25, -0.2) is 14.4 Å². The Hall–Kier alpha value is -8.90. The SMILES string of the molecule is C1CCN(C2CC2)CC1.CSc1ncc2c(n1)OCN(c1c(Cl)cccc1Cl)C2=O.Nc1ccc(N2CCN(C3CC3)CC2)cc1.O=C1c2cnc(Nc3ccc(N4CCN(C5CC5)CC4)cc3)nc2OCN1c1c(Cl)cccc1Cl.O=[N+]([O-])c1ccc(F)cc1.O=[N+]([O-])c1ccc(N2CCN(C3CC3)CC2)cc1. The van der Waals surface area contributed by atoms with Crippen LogP contribution in [0.25, 0.3) is 0 Å². The van der Waals surface area contributed by atoms with Gasteiger partial charge in [0.2, 0.25) is 17.7 Å². The Labute approximate surface area is 657 Å². The number of nitrogens with two attached hydrogens (primary N) is 1. The number of likely N-dealkylation sites (tertiary alicyclic amines) is 1. The van der Waals surface area contributed by atoms with Gasteiger partial charge in [-0.1, -0.05) is 76.7 Å². The van der Waals surface area contributed by atoms with Gasteiger partial charge >= 0.3 is 0 Å². The number of benzene rings is 6. The molecule has 4 aliphatic carbocycles. The normalized spacial score (nSPS) is 18.7. The zero-order chi connectivity index (χ0) is 76.1.